The third-order valence-electron chi connectivity index (χ3n) is 3.39. The van der Waals surface area contributed by atoms with Crippen LogP contribution < -0.4 is 10.1 Å². The van der Waals surface area contributed by atoms with Crippen molar-refractivity contribution in [1.82, 2.24) is 10.2 Å². The lowest BCUT2D eigenvalue weighted by Gasteiger charge is -2.21. The van der Waals surface area contributed by atoms with Crippen LogP contribution in [0.4, 0.5) is 0 Å². The number of aromatic hydroxyl groups is 1. The Morgan fingerprint density at radius 2 is 2.33 bits per heavy atom. The van der Waals surface area contributed by atoms with Crippen LogP contribution in [0.15, 0.2) is 18.2 Å². The van der Waals surface area contributed by atoms with Crippen molar-refractivity contribution in [3.63, 3.8) is 0 Å². The number of ether oxygens (including phenoxy) is 1. The van der Waals surface area contributed by atoms with E-state index in [2.05, 4.69) is 17.3 Å². The number of benzene rings is 1. The van der Waals surface area contributed by atoms with Gasteiger partial charge in [-0.2, -0.15) is 0 Å². The van der Waals surface area contributed by atoms with Crippen molar-refractivity contribution in [1.29, 1.82) is 0 Å². The summed E-state index contributed by atoms with van der Waals surface area (Å²) in [5.74, 6) is 0.737. The summed E-state index contributed by atoms with van der Waals surface area (Å²) in [6.07, 6.45) is 2.54. The molecule has 2 N–H and O–H groups in total. The van der Waals surface area contributed by atoms with Crippen molar-refractivity contribution in [2.24, 2.45) is 0 Å². The van der Waals surface area contributed by atoms with Gasteiger partial charge in [0.15, 0.2) is 11.5 Å². The number of phenolic OH excluding ortho intramolecular Hbond substituents is 1. The van der Waals surface area contributed by atoms with Gasteiger partial charge in [0, 0.05) is 19.1 Å². The second-order valence-electron chi connectivity index (χ2n) is 5.00. The summed E-state index contributed by atoms with van der Waals surface area (Å²) in [6.45, 7) is 3.03. The normalized spacial score (nSPS) is 19.4. The second kappa shape index (κ2) is 6.07. The highest BCUT2D eigenvalue weighted by Crippen LogP contribution is 2.26. The predicted octanol–water partition coefficient (Wildman–Crippen LogP) is 1.58. The Bertz CT molecular complexity index is 389. The molecule has 100 valence electrons. The molecule has 0 bridgehead atoms. The number of likely N-dealkylation sites (N-methyl/N-ethyl adjacent to an activating group) is 1. The van der Waals surface area contributed by atoms with Crippen molar-refractivity contribution in [2.75, 3.05) is 27.2 Å². The fourth-order valence-electron chi connectivity index (χ4n) is 2.50. The van der Waals surface area contributed by atoms with Gasteiger partial charge in [0.05, 0.1) is 7.11 Å². The smallest absolute Gasteiger partial charge is 0.160 e. The molecule has 18 heavy (non-hydrogen) atoms. The molecule has 0 radical (unpaired) electrons. The lowest BCUT2D eigenvalue weighted by molar-refractivity contribution is 0.292. The van der Waals surface area contributed by atoms with Gasteiger partial charge in [0.1, 0.15) is 0 Å². The molecule has 0 aromatic heterocycles. The summed E-state index contributed by atoms with van der Waals surface area (Å²) < 4.78 is 5.04. The molecule has 1 aromatic carbocycles. The van der Waals surface area contributed by atoms with Gasteiger partial charge in [-0.3, -0.25) is 0 Å². The van der Waals surface area contributed by atoms with Gasteiger partial charge in [-0.15, -0.1) is 0 Å². The lowest BCUT2D eigenvalue weighted by Crippen LogP contribution is -2.34. The number of nitrogens with one attached hydrogen (secondary N) is 1. The average molecular weight is 250 g/mol. The van der Waals surface area contributed by atoms with E-state index < -0.39 is 0 Å². The van der Waals surface area contributed by atoms with E-state index in [1.54, 1.807) is 13.2 Å². The molecule has 0 spiro atoms. The molecule has 1 heterocycles. The van der Waals surface area contributed by atoms with Gasteiger partial charge in [-0.25, -0.2) is 0 Å². The van der Waals surface area contributed by atoms with Crippen LogP contribution in [0.25, 0.3) is 0 Å². The molecule has 1 fully saturated rings. The van der Waals surface area contributed by atoms with Gasteiger partial charge >= 0.3 is 0 Å². The summed E-state index contributed by atoms with van der Waals surface area (Å²) >= 11 is 0. The third-order valence-corrected chi connectivity index (χ3v) is 3.39. The number of methoxy groups -OCH3 is 1. The summed E-state index contributed by atoms with van der Waals surface area (Å²) in [5.41, 5.74) is 1.11. The predicted molar refractivity (Wildman–Crippen MR) is 72.0 cm³/mol. The maximum atomic E-state index is 9.73. The van der Waals surface area contributed by atoms with Gasteiger partial charge in [-0.05, 0) is 44.1 Å². The van der Waals surface area contributed by atoms with Crippen molar-refractivity contribution in [3.05, 3.63) is 23.8 Å². The quantitative estimate of drug-likeness (QED) is 0.833. The Morgan fingerprint density at radius 3 is 2.94 bits per heavy atom. The molecule has 0 aliphatic carbocycles. The molecule has 2 rings (SSSR count). The maximum absolute atomic E-state index is 9.73. The molecule has 1 aliphatic heterocycles. The summed E-state index contributed by atoms with van der Waals surface area (Å²) in [5, 5.41) is 13.2. The number of rotatable bonds is 5. The van der Waals surface area contributed by atoms with Crippen LogP contribution in [0.1, 0.15) is 18.4 Å². The first kappa shape index (κ1) is 13.2. The molecule has 1 unspecified atom stereocenters. The Kier molecular flexibility index (Phi) is 4.44. The number of nitrogens with zero attached hydrogens (tertiary/aromatic N) is 1. The summed E-state index contributed by atoms with van der Waals surface area (Å²) in [4.78, 5) is 2.28. The van der Waals surface area contributed by atoms with E-state index in [0.29, 0.717) is 11.8 Å². The molecule has 1 atom stereocenters. The van der Waals surface area contributed by atoms with E-state index in [0.717, 1.165) is 25.2 Å². The highest BCUT2D eigenvalue weighted by atomic mass is 16.5. The van der Waals surface area contributed by atoms with Gasteiger partial charge in [0.2, 0.25) is 0 Å². The first-order chi connectivity index (χ1) is 8.69. The van der Waals surface area contributed by atoms with Crippen LogP contribution in [0.2, 0.25) is 0 Å². The monoisotopic (exact) mass is 250 g/mol. The largest absolute Gasteiger partial charge is 0.504 e. The van der Waals surface area contributed by atoms with Crippen LogP contribution in [-0.2, 0) is 6.54 Å². The molecule has 4 heteroatoms. The van der Waals surface area contributed by atoms with E-state index in [1.165, 1.54) is 12.8 Å². The molecule has 1 aromatic rings. The van der Waals surface area contributed by atoms with E-state index in [1.807, 2.05) is 12.1 Å². The van der Waals surface area contributed by atoms with Gasteiger partial charge in [-0.1, -0.05) is 6.07 Å². The molecule has 1 aliphatic rings. The van der Waals surface area contributed by atoms with Crippen LogP contribution in [0.3, 0.4) is 0 Å². The topological polar surface area (TPSA) is 44.7 Å². The van der Waals surface area contributed by atoms with Gasteiger partial charge < -0.3 is 20.1 Å². The molecular weight excluding hydrogens is 228 g/mol. The average Bonchev–Trinajstić information content (AvgIpc) is 2.82. The van der Waals surface area contributed by atoms with Gasteiger partial charge in [0.25, 0.3) is 0 Å². The standard InChI is InChI=1S/C14H22N2O2/c1-16(10-12-4-3-7-15-12)9-11-5-6-14(18-2)13(17)8-11/h5-6,8,12,15,17H,3-4,7,9-10H2,1-2H3. The van der Waals surface area contributed by atoms with Crippen LogP contribution >= 0.6 is 0 Å². The van der Waals surface area contributed by atoms with E-state index >= 15 is 0 Å². The van der Waals surface area contributed by atoms with Crippen LogP contribution in [0.5, 0.6) is 11.5 Å². The van der Waals surface area contributed by atoms with Crippen LogP contribution in [-0.4, -0.2) is 43.3 Å². The van der Waals surface area contributed by atoms with Crippen molar-refractivity contribution in [3.8, 4) is 11.5 Å². The molecule has 1 saturated heterocycles. The summed E-state index contributed by atoms with van der Waals surface area (Å²) in [6, 6.07) is 6.20. The Balaban J connectivity index is 1.89. The lowest BCUT2D eigenvalue weighted by atomic mass is 10.1. The molecule has 4 nitrogen and oxygen atoms in total. The van der Waals surface area contributed by atoms with Crippen molar-refractivity contribution in [2.45, 2.75) is 25.4 Å². The molecule has 0 amide bonds. The minimum atomic E-state index is 0.211. The molecule has 0 saturated carbocycles. The zero-order chi connectivity index (χ0) is 13.0. The minimum absolute atomic E-state index is 0.211. The first-order valence-electron chi connectivity index (χ1n) is 6.47. The maximum Gasteiger partial charge on any atom is 0.160 e. The van der Waals surface area contributed by atoms with E-state index in [4.69, 9.17) is 4.74 Å². The Hall–Kier alpha value is -1.26. The third kappa shape index (κ3) is 3.37. The first-order valence-corrected chi connectivity index (χ1v) is 6.47. The zero-order valence-electron chi connectivity index (χ0n) is 11.1. The fourth-order valence-corrected chi connectivity index (χ4v) is 2.50. The van der Waals surface area contributed by atoms with Crippen LogP contribution in [0, 0.1) is 0 Å². The van der Waals surface area contributed by atoms with Crippen molar-refractivity contribution < 1.29 is 9.84 Å². The highest BCUT2D eigenvalue weighted by Gasteiger charge is 2.16. The summed E-state index contributed by atoms with van der Waals surface area (Å²) in [7, 11) is 3.67. The zero-order valence-corrected chi connectivity index (χ0v) is 11.1. The minimum Gasteiger partial charge on any atom is -0.504 e. The van der Waals surface area contributed by atoms with E-state index in [9.17, 15) is 5.11 Å². The number of hydrogen-bond donors (Lipinski definition) is 2. The second-order valence-corrected chi connectivity index (χ2v) is 5.00. The SMILES string of the molecule is COc1ccc(CN(C)CC2CCCN2)cc1O. The Labute approximate surface area is 109 Å². The highest BCUT2D eigenvalue weighted by molar-refractivity contribution is 5.41. The number of phenols is 1. The molecular formula is C14H22N2O2. The van der Waals surface area contributed by atoms with E-state index in [-0.39, 0.29) is 5.75 Å². The van der Waals surface area contributed by atoms with Crippen molar-refractivity contribution >= 4 is 0 Å². The Morgan fingerprint density at radius 1 is 1.50 bits per heavy atom. The fraction of sp³-hybridized carbons (Fsp3) is 0.571. The number of hydrogen-bond acceptors (Lipinski definition) is 4.